The van der Waals surface area contributed by atoms with Crippen molar-refractivity contribution in [3.8, 4) is 5.75 Å². The fourth-order valence-corrected chi connectivity index (χ4v) is 3.94. The fourth-order valence-electron chi connectivity index (χ4n) is 3.94. The van der Waals surface area contributed by atoms with Gasteiger partial charge in [-0.05, 0) is 80.5 Å². The van der Waals surface area contributed by atoms with Crippen LogP contribution in [-0.2, 0) is 0 Å². The molecule has 4 nitrogen and oxygen atoms in total. The number of hydrogen-bond donors (Lipinski definition) is 2. The van der Waals surface area contributed by atoms with Gasteiger partial charge in [0.25, 0.3) is 5.56 Å². The summed E-state index contributed by atoms with van der Waals surface area (Å²) in [6, 6.07) is 5.83. The molecule has 0 saturated heterocycles. The molecule has 2 fully saturated rings. The molecule has 2 aliphatic carbocycles. The number of nitrogens with two attached hydrogens (primary N) is 1. The molecule has 1 heterocycles. The van der Waals surface area contributed by atoms with Crippen LogP contribution in [-0.4, -0.2) is 16.6 Å². The molecule has 4 rings (SSSR count). The summed E-state index contributed by atoms with van der Waals surface area (Å²) in [7, 11) is 0. The lowest BCUT2D eigenvalue weighted by Crippen LogP contribution is -2.47. The van der Waals surface area contributed by atoms with Crippen LogP contribution in [0.1, 0.15) is 44.1 Å². The topological polar surface area (TPSA) is 68.1 Å². The Labute approximate surface area is 136 Å². The van der Waals surface area contributed by atoms with Crippen LogP contribution >= 0.6 is 0 Å². The molecule has 0 spiro atoms. The molecular formula is C19H24N2O2. The summed E-state index contributed by atoms with van der Waals surface area (Å²) in [5.74, 6) is 1.64. The summed E-state index contributed by atoms with van der Waals surface area (Å²) < 4.78 is 6.26. The molecule has 4 heteroatoms. The largest absolute Gasteiger partial charge is 0.490 e. The molecule has 0 radical (unpaired) electrons. The molecule has 0 unspecified atom stereocenters. The summed E-state index contributed by atoms with van der Waals surface area (Å²) in [5, 5.41) is 1.65. The number of ether oxygens (including phenoxy) is 1. The Morgan fingerprint density at radius 1 is 1.22 bits per heavy atom. The molecule has 1 aromatic heterocycles. The Kier molecular flexibility index (Phi) is 3.45. The zero-order valence-corrected chi connectivity index (χ0v) is 13.6. The predicted octanol–water partition coefficient (Wildman–Crippen LogP) is 3.27. The number of hydrogen-bond acceptors (Lipinski definition) is 3. The second-order valence-corrected chi connectivity index (χ2v) is 7.34. The number of fused-ring (bicyclic) bond motifs is 1. The van der Waals surface area contributed by atoms with Gasteiger partial charge >= 0.3 is 0 Å². The minimum absolute atomic E-state index is 0.0489. The van der Waals surface area contributed by atoms with Gasteiger partial charge in [0.15, 0.2) is 0 Å². The van der Waals surface area contributed by atoms with Crippen LogP contribution in [0.3, 0.4) is 0 Å². The van der Waals surface area contributed by atoms with E-state index in [2.05, 4.69) is 4.98 Å². The molecule has 0 aliphatic heterocycles. The first-order valence-corrected chi connectivity index (χ1v) is 8.63. The number of rotatable bonds is 3. The molecule has 0 bridgehead atoms. The number of aromatic nitrogens is 1. The Morgan fingerprint density at radius 3 is 2.65 bits per heavy atom. The Balaban J connectivity index is 1.52. The first kappa shape index (κ1) is 14.8. The van der Waals surface area contributed by atoms with E-state index in [1.54, 1.807) is 6.20 Å². The average Bonchev–Trinajstić information content (AvgIpc) is 3.37. The number of nitrogens with one attached hydrogen (secondary N) is 1. The summed E-state index contributed by atoms with van der Waals surface area (Å²) in [6.07, 6.45) is 8.72. The van der Waals surface area contributed by atoms with E-state index >= 15 is 0 Å². The van der Waals surface area contributed by atoms with Gasteiger partial charge in [-0.25, -0.2) is 0 Å². The van der Waals surface area contributed by atoms with E-state index in [1.165, 1.54) is 12.8 Å². The summed E-state index contributed by atoms with van der Waals surface area (Å²) >= 11 is 0. The minimum Gasteiger partial charge on any atom is -0.490 e. The van der Waals surface area contributed by atoms with E-state index < -0.39 is 0 Å². The van der Waals surface area contributed by atoms with E-state index in [0.29, 0.717) is 0 Å². The van der Waals surface area contributed by atoms with Crippen LogP contribution in [0.5, 0.6) is 5.75 Å². The molecule has 23 heavy (non-hydrogen) atoms. The van der Waals surface area contributed by atoms with E-state index in [-0.39, 0.29) is 17.2 Å². The lowest BCUT2D eigenvalue weighted by atomic mass is 9.78. The van der Waals surface area contributed by atoms with E-state index in [4.69, 9.17) is 10.5 Å². The van der Waals surface area contributed by atoms with Crippen LogP contribution in [0.25, 0.3) is 10.8 Å². The van der Waals surface area contributed by atoms with Crippen molar-refractivity contribution >= 4 is 10.8 Å². The van der Waals surface area contributed by atoms with Crippen molar-refractivity contribution in [3.63, 3.8) is 0 Å². The van der Waals surface area contributed by atoms with Gasteiger partial charge in [-0.2, -0.15) is 0 Å². The molecule has 2 aromatic rings. The van der Waals surface area contributed by atoms with Gasteiger partial charge < -0.3 is 15.5 Å². The van der Waals surface area contributed by atoms with Crippen molar-refractivity contribution in [1.82, 2.24) is 4.98 Å². The molecule has 3 N–H and O–H groups in total. The zero-order valence-electron chi connectivity index (χ0n) is 13.6. The van der Waals surface area contributed by atoms with Crippen molar-refractivity contribution in [1.29, 1.82) is 0 Å². The molecule has 2 saturated carbocycles. The normalized spacial score (nSPS) is 28.0. The Hall–Kier alpha value is -1.81. The fraction of sp³-hybridized carbons (Fsp3) is 0.526. The van der Waals surface area contributed by atoms with Crippen LogP contribution < -0.4 is 16.0 Å². The van der Waals surface area contributed by atoms with Crippen molar-refractivity contribution < 1.29 is 4.74 Å². The van der Waals surface area contributed by atoms with Crippen LogP contribution in [0, 0.1) is 12.8 Å². The number of aromatic amines is 1. The van der Waals surface area contributed by atoms with Gasteiger partial charge in [0, 0.05) is 17.1 Å². The SMILES string of the molecule is Cc1cc2c(=O)[nH]ccc2cc1O[C@H]1CC[C@](N)(C2CC2)CC1. The standard InChI is InChI=1S/C19H24N2O2/c1-12-10-16-13(6-9-21-18(16)22)11-17(12)23-15-4-7-19(20,8-5-15)14-2-3-14/h6,9-11,14-15H,2-5,7-8,20H2,1H3,(H,21,22)/t15-,19+. The van der Waals surface area contributed by atoms with Gasteiger partial charge in [0.05, 0.1) is 6.10 Å². The van der Waals surface area contributed by atoms with Gasteiger partial charge in [-0.1, -0.05) is 0 Å². The van der Waals surface area contributed by atoms with Crippen molar-refractivity contribution in [2.75, 3.05) is 0 Å². The lowest BCUT2D eigenvalue weighted by Gasteiger charge is -2.37. The van der Waals surface area contributed by atoms with E-state index in [9.17, 15) is 4.79 Å². The molecular weight excluding hydrogens is 288 g/mol. The summed E-state index contributed by atoms with van der Waals surface area (Å²) in [4.78, 5) is 14.6. The maximum absolute atomic E-state index is 11.9. The third kappa shape index (κ3) is 2.76. The molecule has 2 aliphatic rings. The highest BCUT2D eigenvalue weighted by Gasteiger charge is 2.44. The van der Waals surface area contributed by atoms with Gasteiger partial charge in [0.1, 0.15) is 5.75 Å². The molecule has 1 aromatic carbocycles. The highest BCUT2D eigenvalue weighted by Crippen LogP contribution is 2.46. The zero-order chi connectivity index (χ0) is 16.0. The van der Waals surface area contributed by atoms with E-state index in [0.717, 1.165) is 53.7 Å². The van der Waals surface area contributed by atoms with Crippen LogP contribution in [0.4, 0.5) is 0 Å². The lowest BCUT2D eigenvalue weighted by molar-refractivity contribution is 0.109. The van der Waals surface area contributed by atoms with Gasteiger partial charge in [-0.15, -0.1) is 0 Å². The van der Waals surface area contributed by atoms with Gasteiger partial charge in [0.2, 0.25) is 0 Å². The Bertz CT molecular complexity index is 784. The quantitative estimate of drug-likeness (QED) is 0.914. The van der Waals surface area contributed by atoms with Crippen molar-refractivity contribution in [2.45, 2.75) is 57.1 Å². The van der Waals surface area contributed by atoms with E-state index in [1.807, 2.05) is 25.1 Å². The highest BCUT2D eigenvalue weighted by atomic mass is 16.5. The van der Waals surface area contributed by atoms with Crippen molar-refractivity contribution in [3.05, 3.63) is 40.3 Å². The van der Waals surface area contributed by atoms with Crippen molar-refractivity contribution in [2.24, 2.45) is 11.7 Å². The smallest absolute Gasteiger partial charge is 0.255 e. The number of benzene rings is 1. The average molecular weight is 312 g/mol. The molecule has 0 amide bonds. The first-order chi connectivity index (χ1) is 11.0. The van der Waals surface area contributed by atoms with Crippen LogP contribution in [0.2, 0.25) is 0 Å². The second kappa shape index (κ2) is 5.38. The third-order valence-electron chi connectivity index (χ3n) is 5.62. The maximum Gasteiger partial charge on any atom is 0.255 e. The van der Waals surface area contributed by atoms with Gasteiger partial charge in [-0.3, -0.25) is 4.79 Å². The second-order valence-electron chi connectivity index (χ2n) is 7.34. The number of H-pyrrole nitrogens is 1. The summed E-state index contributed by atoms with van der Waals surface area (Å²) in [5.41, 5.74) is 7.57. The number of pyridine rings is 1. The monoisotopic (exact) mass is 312 g/mol. The third-order valence-corrected chi connectivity index (χ3v) is 5.62. The maximum atomic E-state index is 11.9. The number of aryl methyl sites for hydroxylation is 1. The first-order valence-electron chi connectivity index (χ1n) is 8.63. The Morgan fingerprint density at radius 2 is 1.96 bits per heavy atom. The summed E-state index contributed by atoms with van der Waals surface area (Å²) in [6.45, 7) is 2.00. The predicted molar refractivity (Wildman–Crippen MR) is 91.8 cm³/mol. The molecule has 0 atom stereocenters. The van der Waals surface area contributed by atoms with Crippen LogP contribution in [0.15, 0.2) is 29.2 Å². The molecule has 122 valence electrons. The minimum atomic E-state index is -0.0489. The highest BCUT2D eigenvalue weighted by molar-refractivity contribution is 5.83.